The minimum Gasteiger partial charge on any atom is -0.0683 e. The van der Waals surface area contributed by atoms with Crippen LogP contribution in [0.3, 0.4) is 0 Å². The van der Waals surface area contributed by atoms with E-state index in [1.165, 1.54) is 210 Å². The van der Waals surface area contributed by atoms with Crippen LogP contribution in [0.4, 0.5) is 0 Å². The topological polar surface area (TPSA) is 0 Å². The quantitative estimate of drug-likeness (QED) is 0.142. The lowest BCUT2D eigenvalue weighted by Crippen LogP contribution is -1.83. The van der Waals surface area contributed by atoms with Gasteiger partial charge in [0.2, 0.25) is 0 Å². The van der Waals surface area contributed by atoms with Crippen LogP contribution in [-0.4, -0.2) is 0 Å². The predicted molar refractivity (Wildman–Crippen MR) is 667 cm³/mol. The predicted octanol–water partition coefficient (Wildman–Crippen LogP) is 45.7. The Balaban J connectivity index is 0.000000287. The maximum absolute atomic E-state index is 2.34. The lowest BCUT2D eigenvalue weighted by atomic mass is 9.98. The average Bonchev–Trinajstić information content (AvgIpc) is 1.61. The summed E-state index contributed by atoms with van der Waals surface area (Å²) in [6, 6.07) is 156. The Labute approximate surface area is 892 Å². The SMILES string of the molecule is CC.CC.CC.CC.CC.CC.CC.CC.CC.CC.CC.CC.CC.CC.CC.c1ccc2c(c1)Cc1c-2ccc2ccccc12.c1ccc2c(c1)Cc1cc3ccccc3cc1-2.c1ccc2c(c1)Cc1cc3ccccc3cc1-2.c1ccc2c(c1)Cc1ccc3ccccc3c1-2.c1ccc2c(c1)Cc1ccc3ccccc3c1-2.c1ccc2c(c1)Cc1ccccc1-2.c1ccc2c(c1)Cc1ccccc1-2.c1ccccc1. The molecule has 0 fully saturated rings. The highest BCUT2D eigenvalue weighted by Crippen LogP contribution is 2.46. The van der Waals surface area contributed by atoms with E-state index < -0.39 is 0 Å². The summed E-state index contributed by atoms with van der Waals surface area (Å²) < 4.78 is 0. The van der Waals surface area contributed by atoms with Crippen LogP contribution in [0.25, 0.3) is 132 Å². The maximum atomic E-state index is 2.34. The zero-order valence-corrected chi connectivity index (χ0v) is 95.5. The van der Waals surface area contributed by atoms with Gasteiger partial charge in [-0.1, -0.05) is 632 Å². The zero-order chi connectivity index (χ0) is 108. The van der Waals surface area contributed by atoms with Gasteiger partial charge in [0.05, 0.1) is 0 Å². The van der Waals surface area contributed by atoms with Crippen LogP contribution in [0.15, 0.2) is 437 Å². The first-order chi connectivity index (χ1) is 73.0. The van der Waals surface area contributed by atoms with Crippen molar-refractivity contribution >= 4 is 53.9 Å². The second-order valence-corrected chi connectivity index (χ2v) is 31.5. The molecule has 0 heterocycles. The van der Waals surface area contributed by atoms with Crippen molar-refractivity contribution < 1.29 is 0 Å². The summed E-state index contributed by atoms with van der Waals surface area (Å²) in [5.74, 6) is 0. The van der Waals surface area contributed by atoms with Crippen LogP contribution >= 0.6 is 0 Å². The average molecular weight is 1940 g/mol. The van der Waals surface area contributed by atoms with Crippen molar-refractivity contribution in [2.75, 3.05) is 0 Å². The number of hydrogen-bond acceptors (Lipinski definition) is 0. The minimum absolute atomic E-state index is 1.08. The smallest absolute Gasteiger partial charge is 0.000729 e. The van der Waals surface area contributed by atoms with Crippen LogP contribution < -0.4 is 0 Å². The molecule has 27 rings (SSSR count). The third-order valence-electron chi connectivity index (χ3n) is 24.5. The van der Waals surface area contributed by atoms with Crippen molar-refractivity contribution in [3.8, 4) is 77.9 Å². The first-order valence-corrected chi connectivity index (χ1v) is 56.3. The second-order valence-electron chi connectivity index (χ2n) is 31.5. The number of hydrogen-bond donors (Lipinski definition) is 0. The van der Waals surface area contributed by atoms with Gasteiger partial charge in [0.25, 0.3) is 0 Å². The van der Waals surface area contributed by atoms with E-state index in [9.17, 15) is 0 Å². The van der Waals surface area contributed by atoms with Crippen LogP contribution in [0.5, 0.6) is 0 Å². The van der Waals surface area contributed by atoms with E-state index in [1.54, 1.807) is 0 Å². The highest BCUT2D eigenvalue weighted by Gasteiger charge is 2.25. The summed E-state index contributed by atoms with van der Waals surface area (Å²) in [7, 11) is 0. The van der Waals surface area contributed by atoms with Crippen molar-refractivity contribution in [2.24, 2.45) is 0 Å². The first kappa shape index (κ1) is 123. The van der Waals surface area contributed by atoms with Gasteiger partial charge < -0.3 is 0 Å². The summed E-state index contributed by atoms with van der Waals surface area (Å²) in [6.45, 7) is 60.0. The van der Waals surface area contributed by atoms with Crippen molar-refractivity contribution in [1.29, 1.82) is 0 Å². The molecule has 0 spiro atoms. The monoisotopic (exact) mass is 1940 g/mol. The molecule has 147 heavy (non-hydrogen) atoms. The molecule has 20 aromatic carbocycles. The van der Waals surface area contributed by atoms with Gasteiger partial charge >= 0.3 is 0 Å². The molecule has 0 nitrogen and oxygen atoms in total. The number of benzene rings is 20. The van der Waals surface area contributed by atoms with Gasteiger partial charge in [-0.05, 0) is 267 Å². The number of rotatable bonds is 0. The molecule has 0 atom stereocenters. The van der Waals surface area contributed by atoms with Crippen molar-refractivity contribution in [3.05, 3.63) is 515 Å². The van der Waals surface area contributed by atoms with Gasteiger partial charge in [0.1, 0.15) is 0 Å². The molecule has 0 heteroatoms. The Morgan fingerprint density at radius 2 is 0.279 bits per heavy atom. The highest BCUT2D eigenvalue weighted by molar-refractivity contribution is 6.03. The molecule has 0 unspecified atom stereocenters. The second kappa shape index (κ2) is 70.5. The minimum atomic E-state index is 1.08. The molecule has 0 aromatic heterocycles. The molecule has 764 valence electrons. The summed E-state index contributed by atoms with van der Waals surface area (Å²) in [5.41, 5.74) is 40.3. The largest absolute Gasteiger partial charge is 0.0683 e. The molecule has 0 saturated heterocycles. The Kier molecular flexibility index (Phi) is 59.0. The van der Waals surface area contributed by atoms with E-state index in [0.29, 0.717) is 0 Å². The third-order valence-corrected chi connectivity index (χ3v) is 24.5. The molecule has 0 aliphatic heterocycles. The van der Waals surface area contributed by atoms with E-state index in [1.807, 2.05) is 244 Å². The van der Waals surface area contributed by atoms with Gasteiger partial charge in [-0.2, -0.15) is 0 Å². The number of fused-ring (bicyclic) bond motifs is 29. The fourth-order valence-corrected chi connectivity index (χ4v) is 18.9. The zero-order valence-electron chi connectivity index (χ0n) is 95.5. The lowest BCUT2D eigenvalue weighted by molar-refractivity contribution is 1.26. The maximum Gasteiger partial charge on any atom is -0.000729 e. The van der Waals surface area contributed by atoms with Gasteiger partial charge in [-0.15, -0.1) is 0 Å². The Bertz CT molecular complexity index is 6620. The molecular weight excluding hydrogens is 1770 g/mol. The van der Waals surface area contributed by atoms with Crippen LogP contribution in [0.2, 0.25) is 0 Å². The van der Waals surface area contributed by atoms with Crippen molar-refractivity contribution in [1.82, 2.24) is 0 Å². The summed E-state index contributed by atoms with van der Waals surface area (Å²) >= 11 is 0. The first-order valence-electron chi connectivity index (χ1n) is 56.3. The molecule has 7 aliphatic carbocycles. The summed E-state index contributed by atoms with van der Waals surface area (Å²) in [6.07, 6.45) is 7.60. The van der Waals surface area contributed by atoms with E-state index in [2.05, 4.69) is 400 Å². The van der Waals surface area contributed by atoms with E-state index in [0.717, 1.165) is 44.9 Å². The standard InChI is InChI=1S/5C17H12.2C13H10.C6H6.15C2H6/c2*1-3-7-15-12(5-1)9-10-14-11-13-6-2-4-8-16(13)17(14)15;1-3-7-14-12(5-1)9-10-16-15-8-4-2-6-13(15)11-17(14)16;2*1-2-6-13-11-17-15(9-12(13)5-1)10-14-7-3-4-8-16(14)17;2*1-3-7-12-10(5-1)9-11-6-2-4-8-13(11)12;1-2-4-6-5-3-1;15*1-2/h3*1-10H,11H2;2*1-9,11H,10H2;2*1-8H,9H2;1-6H;15*1-2H3. The van der Waals surface area contributed by atoms with Gasteiger partial charge in [-0.25, -0.2) is 0 Å². The Morgan fingerprint density at radius 3 is 0.558 bits per heavy atom. The van der Waals surface area contributed by atoms with Gasteiger partial charge in [0.15, 0.2) is 0 Å². The highest BCUT2D eigenvalue weighted by atomic mass is 14.3. The summed E-state index contributed by atoms with van der Waals surface area (Å²) in [4.78, 5) is 0. The molecule has 0 amide bonds. The Hall–Kier alpha value is -14.3. The lowest BCUT2D eigenvalue weighted by Gasteiger charge is -2.06. The fraction of sp³-hybridized carbons (Fsp3) is 0.252. The molecule has 0 N–H and O–H groups in total. The Morgan fingerprint density at radius 1 is 0.102 bits per heavy atom. The van der Waals surface area contributed by atoms with E-state index >= 15 is 0 Å². The van der Waals surface area contributed by atoms with Crippen molar-refractivity contribution in [2.45, 2.75) is 253 Å². The van der Waals surface area contributed by atoms with E-state index in [-0.39, 0.29) is 0 Å². The molecule has 0 bridgehead atoms. The van der Waals surface area contributed by atoms with Crippen LogP contribution in [-0.2, 0) is 44.9 Å². The molecule has 0 radical (unpaired) electrons. The molecule has 7 aliphatic rings. The fourth-order valence-electron chi connectivity index (χ4n) is 18.9. The van der Waals surface area contributed by atoms with Crippen LogP contribution in [0, 0.1) is 0 Å². The summed E-state index contributed by atoms with van der Waals surface area (Å²) in [5, 5.41) is 13.6. The molecule has 20 aromatic rings. The van der Waals surface area contributed by atoms with Gasteiger partial charge in [0, 0.05) is 0 Å². The van der Waals surface area contributed by atoms with Crippen molar-refractivity contribution in [3.63, 3.8) is 0 Å². The molecule has 0 saturated carbocycles. The van der Waals surface area contributed by atoms with E-state index in [4.69, 9.17) is 0 Å². The van der Waals surface area contributed by atoms with Gasteiger partial charge in [-0.3, -0.25) is 0 Å². The normalized spacial score (nSPS) is 10.3. The molecular formula is C147H176. The van der Waals surface area contributed by atoms with Crippen LogP contribution in [0.1, 0.15) is 286 Å². The third kappa shape index (κ3) is 31.6.